The summed E-state index contributed by atoms with van der Waals surface area (Å²) < 4.78 is 12.2. The highest BCUT2D eigenvalue weighted by Crippen LogP contribution is 2.37. The molecule has 154 valence electrons. The summed E-state index contributed by atoms with van der Waals surface area (Å²) in [6, 6.07) is 11.1. The first-order chi connectivity index (χ1) is 13.7. The number of guanidine groups is 1. The van der Waals surface area contributed by atoms with Gasteiger partial charge in [0.05, 0.1) is 13.2 Å². The SMILES string of the molecule is NC(=NCC1COC2(CCCCC2)O1)NC1CCN(Cc2ccccc2)CC1. The molecule has 1 spiro atoms. The number of aliphatic imine (C=N–C) groups is 1. The standard InChI is InChI=1S/C22H34N4O2/c23-21(24-15-20-17-27-22(28-20)11-5-2-6-12-22)25-19-9-13-26(14-10-19)16-18-7-3-1-4-8-18/h1,3-4,7-8,19-20H,2,5-6,9-17H2,(H3,23,24,25). The Labute approximate surface area is 168 Å². The Balaban J connectivity index is 1.17. The number of piperidine rings is 1. The summed E-state index contributed by atoms with van der Waals surface area (Å²) in [5, 5.41) is 3.40. The minimum Gasteiger partial charge on any atom is -0.370 e. The van der Waals surface area contributed by atoms with Gasteiger partial charge >= 0.3 is 0 Å². The number of rotatable bonds is 5. The zero-order valence-electron chi connectivity index (χ0n) is 16.8. The van der Waals surface area contributed by atoms with Crippen LogP contribution in [0.15, 0.2) is 35.3 Å². The van der Waals surface area contributed by atoms with Crippen LogP contribution in [0.3, 0.4) is 0 Å². The van der Waals surface area contributed by atoms with Crippen molar-refractivity contribution in [2.24, 2.45) is 10.7 Å². The quantitative estimate of drug-likeness (QED) is 0.601. The summed E-state index contributed by atoms with van der Waals surface area (Å²) in [5.41, 5.74) is 7.52. The fraction of sp³-hybridized carbons (Fsp3) is 0.682. The predicted octanol–water partition coefficient (Wildman–Crippen LogP) is 2.63. The predicted molar refractivity (Wildman–Crippen MR) is 111 cm³/mol. The summed E-state index contributed by atoms with van der Waals surface area (Å²) in [6.45, 7) is 4.41. The van der Waals surface area contributed by atoms with E-state index in [0.29, 0.717) is 25.2 Å². The first-order valence-electron chi connectivity index (χ1n) is 10.9. The van der Waals surface area contributed by atoms with Crippen LogP contribution in [0, 0.1) is 0 Å². The first-order valence-corrected chi connectivity index (χ1v) is 10.9. The second-order valence-corrected chi connectivity index (χ2v) is 8.43. The zero-order chi connectivity index (χ0) is 19.2. The molecule has 1 aliphatic carbocycles. The Morgan fingerprint density at radius 1 is 1.14 bits per heavy atom. The highest BCUT2D eigenvalue weighted by atomic mass is 16.7. The van der Waals surface area contributed by atoms with Crippen molar-refractivity contribution in [3.05, 3.63) is 35.9 Å². The number of likely N-dealkylation sites (tertiary alicyclic amines) is 1. The molecule has 28 heavy (non-hydrogen) atoms. The van der Waals surface area contributed by atoms with Crippen molar-refractivity contribution in [2.45, 2.75) is 69.4 Å². The molecule has 0 bridgehead atoms. The summed E-state index contributed by atoms with van der Waals surface area (Å²) >= 11 is 0. The van der Waals surface area contributed by atoms with E-state index in [-0.39, 0.29) is 11.9 Å². The van der Waals surface area contributed by atoms with E-state index in [9.17, 15) is 0 Å². The number of nitrogens with two attached hydrogens (primary N) is 1. The Morgan fingerprint density at radius 3 is 2.64 bits per heavy atom. The van der Waals surface area contributed by atoms with Gasteiger partial charge in [-0.3, -0.25) is 9.89 Å². The van der Waals surface area contributed by atoms with Crippen LogP contribution in [0.4, 0.5) is 0 Å². The van der Waals surface area contributed by atoms with Crippen molar-refractivity contribution >= 4 is 5.96 Å². The summed E-state index contributed by atoms with van der Waals surface area (Å²) in [4.78, 5) is 7.04. The maximum atomic E-state index is 6.18. The smallest absolute Gasteiger partial charge is 0.188 e. The molecular weight excluding hydrogens is 352 g/mol. The van der Waals surface area contributed by atoms with Gasteiger partial charge in [-0.15, -0.1) is 0 Å². The van der Waals surface area contributed by atoms with Crippen LogP contribution in [0.2, 0.25) is 0 Å². The highest BCUT2D eigenvalue weighted by molar-refractivity contribution is 5.78. The summed E-state index contributed by atoms with van der Waals surface area (Å²) in [6.07, 6.45) is 7.94. The van der Waals surface area contributed by atoms with Crippen molar-refractivity contribution in [3.63, 3.8) is 0 Å². The molecule has 2 heterocycles. The minimum atomic E-state index is -0.327. The lowest BCUT2D eigenvalue weighted by atomic mass is 9.94. The third-order valence-corrected chi connectivity index (χ3v) is 6.18. The molecule has 1 aromatic rings. The number of nitrogens with one attached hydrogen (secondary N) is 1. The van der Waals surface area contributed by atoms with E-state index in [2.05, 4.69) is 45.5 Å². The number of hydrogen-bond donors (Lipinski definition) is 2. The number of nitrogens with zero attached hydrogens (tertiary/aromatic N) is 2. The Bertz CT molecular complexity index is 637. The molecule has 3 fully saturated rings. The molecule has 4 rings (SSSR count). The second kappa shape index (κ2) is 9.25. The van der Waals surface area contributed by atoms with E-state index >= 15 is 0 Å². The number of hydrogen-bond acceptors (Lipinski definition) is 4. The van der Waals surface area contributed by atoms with Crippen molar-refractivity contribution in [1.82, 2.24) is 10.2 Å². The van der Waals surface area contributed by atoms with Gasteiger partial charge in [-0.25, -0.2) is 0 Å². The number of benzene rings is 1. The minimum absolute atomic E-state index is 0.0335. The van der Waals surface area contributed by atoms with Crippen molar-refractivity contribution in [2.75, 3.05) is 26.2 Å². The fourth-order valence-electron chi connectivity index (χ4n) is 4.59. The average molecular weight is 387 g/mol. The Kier molecular flexibility index (Phi) is 6.50. The molecule has 0 radical (unpaired) electrons. The van der Waals surface area contributed by atoms with E-state index in [0.717, 1.165) is 45.3 Å². The molecule has 6 nitrogen and oxygen atoms in total. The van der Waals surface area contributed by atoms with Gasteiger partial charge < -0.3 is 20.5 Å². The molecule has 0 amide bonds. The normalized spacial score (nSPS) is 26.6. The van der Waals surface area contributed by atoms with Crippen LogP contribution >= 0.6 is 0 Å². The van der Waals surface area contributed by atoms with Gasteiger partial charge in [-0.2, -0.15) is 0 Å². The van der Waals surface area contributed by atoms with Crippen molar-refractivity contribution in [1.29, 1.82) is 0 Å². The Hall–Kier alpha value is -1.63. The molecule has 2 aliphatic heterocycles. The zero-order valence-corrected chi connectivity index (χ0v) is 16.8. The maximum Gasteiger partial charge on any atom is 0.188 e. The van der Waals surface area contributed by atoms with Crippen LogP contribution in [0.25, 0.3) is 0 Å². The van der Waals surface area contributed by atoms with Gasteiger partial charge in [0.2, 0.25) is 0 Å². The lowest BCUT2D eigenvalue weighted by Gasteiger charge is -2.32. The summed E-state index contributed by atoms with van der Waals surface area (Å²) in [5.74, 6) is 0.210. The van der Waals surface area contributed by atoms with Gasteiger partial charge in [0, 0.05) is 38.5 Å². The van der Waals surface area contributed by atoms with Gasteiger partial charge in [0.15, 0.2) is 11.7 Å². The molecule has 3 N–H and O–H groups in total. The molecule has 3 aliphatic rings. The summed E-state index contributed by atoms with van der Waals surface area (Å²) in [7, 11) is 0. The molecule has 1 saturated carbocycles. The van der Waals surface area contributed by atoms with Crippen LogP contribution in [0.5, 0.6) is 0 Å². The van der Waals surface area contributed by atoms with Gasteiger partial charge in [0.25, 0.3) is 0 Å². The third kappa shape index (κ3) is 5.25. The molecular formula is C22H34N4O2. The van der Waals surface area contributed by atoms with Crippen LogP contribution in [-0.2, 0) is 16.0 Å². The van der Waals surface area contributed by atoms with E-state index in [1.54, 1.807) is 0 Å². The number of ether oxygens (including phenoxy) is 2. The monoisotopic (exact) mass is 386 g/mol. The van der Waals surface area contributed by atoms with E-state index in [4.69, 9.17) is 15.2 Å². The Morgan fingerprint density at radius 2 is 1.89 bits per heavy atom. The molecule has 2 saturated heterocycles. The molecule has 1 atom stereocenters. The highest BCUT2D eigenvalue weighted by Gasteiger charge is 2.42. The van der Waals surface area contributed by atoms with Crippen LogP contribution < -0.4 is 11.1 Å². The molecule has 0 aromatic heterocycles. The lowest BCUT2D eigenvalue weighted by Crippen LogP contribution is -2.47. The molecule has 1 aromatic carbocycles. The van der Waals surface area contributed by atoms with E-state index < -0.39 is 0 Å². The van der Waals surface area contributed by atoms with E-state index in [1.165, 1.54) is 24.8 Å². The maximum absolute atomic E-state index is 6.18. The van der Waals surface area contributed by atoms with E-state index in [1.807, 2.05) is 0 Å². The third-order valence-electron chi connectivity index (χ3n) is 6.18. The fourth-order valence-corrected chi connectivity index (χ4v) is 4.59. The van der Waals surface area contributed by atoms with Crippen LogP contribution in [0.1, 0.15) is 50.5 Å². The largest absolute Gasteiger partial charge is 0.370 e. The second-order valence-electron chi connectivity index (χ2n) is 8.43. The topological polar surface area (TPSA) is 72.1 Å². The first kappa shape index (κ1) is 19.7. The van der Waals surface area contributed by atoms with Gasteiger partial charge in [-0.1, -0.05) is 36.8 Å². The van der Waals surface area contributed by atoms with Crippen molar-refractivity contribution in [3.8, 4) is 0 Å². The van der Waals surface area contributed by atoms with Gasteiger partial charge in [-0.05, 0) is 31.2 Å². The average Bonchev–Trinajstić information content (AvgIpc) is 3.11. The van der Waals surface area contributed by atoms with Gasteiger partial charge in [0.1, 0.15) is 6.10 Å². The molecule has 6 heteroatoms. The lowest BCUT2D eigenvalue weighted by molar-refractivity contribution is -0.186. The molecule has 1 unspecified atom stereocenters. The van der Waals surface area contributed by atoms with Crippen molar-refractivity contribution < 1.29 is 9.47 Å². The van der Waals surface area contributed by atoms with Crippen LogP contribution in [-0.4, -0.2) is 55.0 Å².